The zero-order valence-electron chi connectivity index (χ0n) is 9.89. The van der Waals surface area contributed by atoms with Gasteiger partial charge in [0.1, 0.15) is 7.85 Å². The molecule has 0 aliphatic rings. The van der Waals surface area contributed by atoms with Gasteiger partial charge in [-0.05, 0) is 23.2 Å². The number of fused-ring (bicyclic) bond motifs is 1. The first-order valence-corrected chi connectivity index (χ1v) is 6.12. The van der Waals surface area contributed by atoms with E-state index < -0.39 is 0 Å². The molecule has 1 aromatic heterocycles. The smallest absolute Gasteiger partial charge is 0.218 e. The van der Waals surface area contributed by atoms with Gasteiger partial charge in [0.25, 0.3) is 0 Å². The van der Waals surface area contributed by atoms with Gasteiger partial charge in [-0.25, -0.2) is 9.97 Å². The van der Waals surface area contributed by atoms with E-state index in [2.05, 4.69) is 29.9 Å². The van der Waals surface area contributed by atoms with Crippen LogP contribution in [0.25, 0.3) is 22.2 Å². The standard InChI is InChI=1S/C14H10BClN2/c15-11-7-3-1-5-9(11)13-10-6-2-4-8-12(10)17-14(16)18-13/h1-8H,15H2. The Morgan fingerprint density at radius 3 is 2.44 bits per heavy atom. The SMILES string of the molecule is Bc1ccccc1-c1nc(Cl)nc2ccccc12. The van der Waals surface area contributed by atoms with Crippen LogP contribution in [0.1, 0.15) is 0 Å². The zero-order chi connectivity index (χ0) is 12.5. The second-order valence-electron chi connectivity index (χ2n) is 4.17. The van der Waals surface area contributed by atoms with Crippen molar-refractivity contribution in [1.82, 2.24) is 9.97 Å². The van der Waals surface area contributed by atoms with E-state index in [1.807, 2.05) is 36.4 Å². The summed E-state index contributed by atoms with van der Waals surface area (Å²) in [5, 5.41) is 1.31. The molecule has 3 aromatic rings. The highest BCUT2D eigenvalue weighted by Gasteiger charge is 2.09. The Bertz CT molecular complexity index is 728. The average molecular weight is 253 g/mol. The van der Waals surface area contributed by atoms with Gasteiger partial charge < -0.3 is 0 Å². The number of hydrogen-bond acceptors (Lipinski definition) is 2. The van der Waals surface area contributed by atoms with E-state index in [4.69, 9.17) is 11.6 Å². The van der Waals surface area contributed by atoms with Crippen LogP contribution in [0, 0.1) is 0 Å². The Morgan fingerprint density at radius 2 is 1.61 bits per heavy atom. The largest absolute Gasteiger partial charge is 0.223 e. The van der Waals surface area contributed by atoms with Gasteiger partial charge in [-0.2, -0.15) is 0 Å². The normalized spacial score (nSPS) is 10.7. The molecule has 2 nitrogen and oxygen atoms in total. The van der Waals surface area contributed by atoms with E-state index in [0.29, 0.717) is 0 Å². The Kier molecular flexibility index (Phi) is 2.76. The number of nitrogens with zero attached hydrogens (tertiary/aromatic N) is 2. The molecule has 0 bridgehead atoms. The van der Waals surface area contributed by atoms with Crippen molar-refractivity contribution in [2.75, 3.05) is 0 Å². The summed E-state index contributed by atoms with van der Waals surface area (Å²) in [5.41, 5.74) is 4.04. The molecule has 2 aromatic carbocycles. The van der Waals surface area contributed by atoms with Crippen LogP contribution in [0.2, 0.25) is 5.28 Å². The third-order valence-corrected chi connectivity index (χ3v) is 3.15. The summed E-state index contributed by atoms with van der Waals surface area (Å²) in [5.74, 6) is 0. The van der Waals surface area contributed by atoms with Gasteiger partial charge in [0, 0.05) is 5.39 Å². The van der Waals surface area contributed by atoms with Gasteiger partial charge in [-0.15, -0.1) is 0 Å². The molecule has 0 radical (unpaired) electrons. The summed E-state index contributed by atoms with van der Waals surface area (Å²) >= 11 is 6.00. The van der Waals surface area contributed by atoms with Crippen LogP contribution >= 0.6 is 11.6 Å². The van der Waals surface area contributed by atoms with Gasteiger partial charge in [0.05, 0.1) is 11.2 Å². The van der Waals surface area contributed by atoms with E-state index in [9.17, 15) is 0 Å². The average Bonchev–Trinajstić information content (AvgIpc) is 2.38. The summed E-state index contributed by atoms with van der Waals surface area (Å²) in [7, 11) is 2.07. The Hall–Kier alpha value is -1.87. The van der Waals surface area contributed by atoms with E-state index >= 15 is 0 Å². The first kappa shape index (κ1) is 11.2. The minimum atomic E-state index is 0.284. The Balaban J connectivity index is 2.39. The maximum absolute atomic E-state index is 6.00. The lowest BCUT2D eigenvalue weighted by Crippen LogP contribution is -2.07. The van der Waals surface area contributed by atoms with Crippen molar-refractivity contribution in [2.24, 2.45) is 0 Å². The molecular formula is C14H10BClN2. The molecule has 0 N–H and O–H groups in total. The Morgan fingerprint density at radius 1 is 0.889 bits per heavy atom. The molecule has 0 saturated carbocycles. The van der Waals surface area contributed by atoms with Crippen LogP contribution in [0.5, 0.6) is 0 Å². The predicted molar refractivity (Wildman–Crippen MR) is 78.2 cm³/mol. The number of para-hydroxylation sites is 1. The second kappa shape index (κ2) is 4.43. The molecule has 4 heteroatoms. The lowest BCUT2D eigenvalue weighted by atomic mass is 9.88. The molecule has 3 rings (SSSR count). The van der Waals surface area contributed by atoms with E-state index in [-0.39, 0.29) is 5.28 Å². The van der Waals surface area contributed by atoms with Gasteiger partial charge in [0.15, 0.2) is 0 Å². The van der Waals surface area contributed by atoms with E-state index in [1.54, 1.807) is 0 Å². The summed E-state index contributed by atoms with van der Waals surface area (Å²) in [6.45, 7) is 0. The molecule has 18 heavy (non-hydrogen) atoms. The number of benzene rings is 2. The molecule has 0 saturated heterocycles. The third kappa shape index (κ3) is 1.87. The second-order valence-corrected chi connectivity index (χ2v) is 4.51. The highest BCUT2D eigenvalue weighted by molar-refractivity contribution is 6.36. The molecular weight excluding hydrogens is 242 g/mol. The summed E-state index contributed by atoms with van der Waals surface area (Å²) in [6, 6.07) is 16.1. The molecule has 0 aliphatic carbocycles. The van der Waals surface area contributed by atoms with Crippen LogP contribution in [-0.2, 0) is 0 Å². The van der Waals surface area contributed by atoms with Crippen LogP contribution in [0.3, 0.4) is 0 Å². The fourth-order valence-corrected chi connectivity index (χ4v) is 2.27. The van der Waals surface area contributed by atoms with Crippen molar-refractivity contribution in [3.8, 4) is 11.3 Å². The molecule has 1 heterocycles. The lowest BCUT2D eigenvalue weighted by Gasteiger charge is -2.08. The first-order chi connectivity index (χ1) is 8.75. The highest BCUT2D eigenvalue weighted by atomic mass is 35.5. The quantitative estimate of drug-likeness (QED) is 0.490. The topological polar surface area (TPSA) is 25.8 Å². The minimum absolute atomic E-state index is 0.284. The molecule has 0 unspecified atom stereocenters. The highest BCUT2D eigenvalue weighted by Crippen LogP contribution is 2.25. The van der Waals surface area contributed by atoms with Crippen LogP contribution in [-0.4, -0.2) is 17.8 Å². The van der Waals surface area contributed by atoms with Crippen LogP contribution in [0.4, 0.5) is 0 Å². The van der Waals surface area contributed by atoms with Crippen LogP contribution in [0.15, 0.2) is 48.5 Å². The molecule has 0 amide bonds. The van der Waals surface area contributed by atoms with Crippen LogP contribution < -0.4 is 5.46 Å². The number of aromatic nitrogens is 2. The molecule has 0 spiro atoms. The monoisotopic (exact) mass is 252 g/mol. The number of hydrogen-bond donors (Lipinski definition) is 0. The van der Waals surface area contributed by atoms with Crippen molar-refractivity contribution in [3.63, 3.8) is 0 Å². The van der Waals surface area contributed by atoms with Crippen molar-refractivity contribution in [1.29, 1.82) is 0 Å². The van der Waals surface area contributed by atoms with Gasteiger partial charge >= 0.3 is 0 Å². The fourth-order valence-electron chi connectivity index (χ4n) is 2.09. The van der Waals surface area contributed by atoms with Crippen molar-refractivity contribution < 1.29 is 0 Å². The molecule has 86 valence electrons. The minimum Gasteiger partial charge on any atom is -0.218 e. The number of rotatable bonds is 1. The van der Waals surface area contributed by atoms with E-state index in [1.165, 1.54) is 5.46 Å². The molecule has 0 atom stereocenters. The molecule has 0 fully saturated rings. The zero-order valence-corrected chi connectivity index (χ0v) is 10.6. The van der Waals surface area contributed by atoms with Crippen molar-refractivity contribution in [3.05, 3.63) is 53.8 Å². The summed E-state index contributed by atoms with van der Waals surface area (Å²) < 4.78 is 0. The third-order valence-electron chi connectivity index (χ3n) is 2.98. The molecule has 0 aliphatic heterocycles. The first-order valence-electron chi connectivity index (χ1n) is 5.74. The summed E-state index contributed by atoms with van der Waals surface area (Å²) in [6.07, 6.45) is 0. The van der Waals surface area contributed by atoms with Gasteiger partial charge in [-0.3, -0.25) is 0 Å². The van der Waals surface area contributed by atoms with Crippen molar-refractivity contribution >= 4 is 35.8 Å². The summed E-state index contributed by atoms with van der Waals surface area (Å²) in [4.78, 5) is 8.63. The number of halogens is 1. The maximum Gasteiger partial charge on any atom is 0.223 e. The van der Waals surface area contributed by atoms with E-state index in [0.717, 1.165) is 22.2 Å². The van der Waals surface area contributed by atoms with Crippen molar-refractivity contribution in [2.45, 2.75) is 0 Å². The van der Waals surface area contributed by atoms with Gasteiger partial charge in [-0.1, -0.05) is 47.9 Å². The Labute approximate surface area is 111 Å². The predicted octanol–water partition coefficient (Wildman–Crippen LogP) is 2.21. The fraction of sp³-hybridized carbons (Fsp3) is 0. The van der Waals surface area contributed by atoms with Gasteiger partial charge in [0.2, 0.25) is 5.28 Å². The lowest BCUT2D eigenvalue weighted by molar-refractivity contribution is 1.23. The maximum atomic E-state index is 6.00.